The minimum Gasteiger partial charge on any atom is -0.382 e. The minimum atomic E-state index is 0.406. The van der Waals surface area contributed by atoms with Crippen LogP contribution >= 0.6 is 0 Å². The van der Waals surface area contributed by atoms with Crippen LogP contribution in [0.25, 0.3) is 0 Å². The van der Waals surface area contributed by atoms with Crippen LogP contribution in [0.2, 0.25) is 0 Å². The second-order valence-electron chi connectivity index (χ2n) is 4.19. The smallest absolute Gasteiger partial charge is 0.0727 e. The highest BCUT2D eigenvalue weighted by Crippen LogP contribution is 2.21. The number of rotatable bonds is 9. The summed E-state index contributed by atoms with van der Waals surface area (Å²) >= 11 is 0. The predicted octanol–water partition coefficient (Wildman–Crippen LogP) is 1.20. The monoisotopic (exact) mass is 231 g/mol. The first-order valence-electron chi connectivity index (χ1n) is 6.24. The van der Waals surface area contributed by atoms with Gasteiger partial charge in [-0.1, -0.05) is 0 Å². The third-order valence-corrected chi connectivity index (χ3v) is 3.02. The molecule has 0 heterocycles. The molecule has 96 valence electrons. The van der Waals surface area contributed by atoms with E-state index >= 15 is 0 Å². The zero-order valence-corrected chi connectivity index (χ0v) is 10.5. The van der Waals surface area contributed by atoms with Crippen LogP contribution in [0.1, 0.15) is 25.7 Å². The van der Waals surface area contributed by atoms with Crippen LogP contribution in [-0.4, -0.2) is 52.7 Å². The molecule has 16 heavy (non-hydrogen) atoms. The molecule has 1 aliphatic rings. The standard InChI is InChI=1S/C12H25NO3/c1-13-11-5-3-6-12(11)16-8-4-7-15-10-9-14-2/h11-13H,3-10H2,1-2H3. The summed E-state index contributed by atoms with van der Waals surface area (Å²) in [6.45, 7) is 2.92. The highest BCUT2D eigenvalue weighted by molar-refractivity contribution is 4.82. The molecular weight excluding hydrogens is 206 g/mol. The van der Waals surface area contributed by atoms with Gasteiger partial charge in [0.15, 0.2) is 0 Å². The maximum absolute atomic E-state index is 5.84. The van der Waals surface area contributed by atoms with Crippen molar-refractivity contribution in [1.82, 2.24) is 5.32 Å². The van der Waals surface area contributed by atoms with Gasteiger partial charge in [-0.05, 0) is 32.7 Å². The Kier molecular flexibility index (Phi) is 7.76. The molecular formula is C12H25NO3. The maximum Gasteiger partial charge on any atom is 0.0727 e. The molecule has 0 aliphatic heterocycles. The van der Waals surface area contributed by atoms with Crippen molar-refractivity contribution in [3.05, 3.63) is 0 Å². The van der Waals surface area contributed by atoms with E-state index in [9.17, 15) is 0 Å². The molecule has 1 aliphatic carbocycles. The van der Waals surface area contributed by atoms with E-state index in [1.807, 2.05) is 7.05 Å². The normalized spacial score (nSPS) is 25.1. The summed E-state index contributed by atoms with van der Waals surface area (Å²) in [5.74, 6) is 0. The first-order valence-corrected chi connectivity index (χ1v) is 6.24. The largest absolute Gasteiger partial charge is 0.382 e. The second-order valence-corrected chi connectivity index (χ2v) is 4.19. The van der Waals surface area contributed by atoms with Crippen molar-refractivity contribution < 1.29 is 14.2 Å². The van der Waals surface area contributed by atoms with Gasteiger partial charge in [0.25, 0.3) is 0 Å². The third-order valence-electron chi connectivity index (χ3n) is 3.02. The van der Waals surface area contributed by atoms with Crippen molar-refractivity contribution in [2.24, 2.45) is 0 Å². The Balaban J connectivity index is 1.90. The molecule has 0 aromatic carbocycles. The van der Waals surface area contributed by atoms with Gasteiger partial charge < -0.3 is 19.5 Å². The summed E-state index contributed by atoms with van der Waals surface area (Å²) in [4.78, 5) is 0. The lowest BCUT2D eigenvalue weighted by atomic mass is 10.2. The molecule has 1 saturated carbocycles. The summed E-state index contributed by atoms with van der Waals surface area (Å²) in [5.41, 5.74) is 0. The molecule has 0 radical (unpaired) electrons. The number of likely N-dealkylation sites (N-methyl/N-ethyl adjacent to an activating group) is 1. The Bertz CT molecular complexity index is 166. The summed E-state index contributed by atoms with van der Waals surface area (Å²) in [7, 11) is 3.70. The van der Waals surface area contributed by atoms with Gasteiger partial charge in [0.1, 0.15) is 0 Å². The van der Waals surface area contributed by atoms with E-state index in [-0.39, 0.29) is 0 Å². The van der Waals surface area contributed by atoms with Crippen LogP contribution < -0.4 is 5.32 Å². The number of nitrogens with one attached hydrogen (secondary N) is 1. The number of hydrogen-bond acceptors (Lipinski definition) is 4. The van der Waals surface area contributed by atoms with E-state index in [4.69, 9.17) is 14.2 Å². The molecule has 1 rings (SSSR count). The predicted molar refractivity (Wildman–Crippen MR) is 63.8 cm³/mol. The van der Waals surface area contributed by atoms with Crippen molar-refractivity contribution in [1.29, 1.82) is 0 Å². The average Bonchev–Trinajstić information content (AvgIpc) is 2.75. The average molecular weight is 231 g/mol. The van der Waals surface area contributed by atoms with Crippen LogP contribution in [0.15, 0.2) is 0 Å². The van der Waals surface area contributed by atoms with Crippen molar-refractivity contribution in [2.75, 3.05) is 40.6 Å². The summed E-state index contributed by atoms with van der Waals surface area (Å²) in [6, 6.07) is 0.550. The van der Waals surface area contributed by atoms with Gasteiger partial charge in [-0.15, -0.1) is 0 Å². The second kappa shape index (κ2) is 8.93. The zero-order valence-electron chi connectivity index (χ0n) is 10.5. The van der Waals surface area contributed by atoms with Crippen molar-refractivity contribution in [3.63, 3.8) is 0 Å². The lowest BCUT2D eigenvalue weighted by Crippen LogP contribution is -2.34. The van der Waals surface area contributed by atoms with Crippen molar-refractivity contribution in [3.8, 4) is 0 Å². The van der Waals surface area contributed by atoms with Crippen LogP contribution in [0.5, 0.6) is 0 Å². The van der Waals surface area contributed by atoms with E-state index in [0.717, 1.165) is 19.6 Å². The van der Waals surface area contributed by atoms with E-state index in [1.165, 1.54) is 19.3 Å². The molecule has 0 aromatic rings. The fourth-order valence-corrected chi connectivity index (χ4v) is 2.10. The number of methoxy groups -OCH3 is 1. The van der Waals surface area contributed by atoms with Gasteiger partial charge in [-0.3, -0.25) is 0 Å². The Hall–Kier alpha value is -0.160. The highest BCUT2D eigenvalue weighted by atomic mass is 16.5. The Morgan fingerprint density at radius 3 is 2.75 bits per heavy atom. The molecule has 1 fully saturated rings. The first kappa shape index (κ1) is 13.9. The van der Waals surface area contributed by atoms with Crippen LogP contribution in [0.3, 0.4) is 0 Å². The van der Waals surface area contributed by atoms with Crippen molar-refractivity contribution >= 4 is 0 Å². The molecule has 2 unspecified atom stereocenters. The quantitative estimate of drug-likeness (QED) is 0.605. The highest BCUT2D eigenvalue weighted by Gasteiger charge is 2.25. The van der Waals surface area contributed by atoms with E-state index in [0.29, 0.717) is 25.4 Å². The van der Waals surface area contributed by atoms with Crippen LogP contribution in [0.4, 0.5) is 0 Å². The minimum absolute atomic E-state index is 0.406. The molecule has 0 bridgehead atoms. The molecule has 0 saturated heterocycles. The lowest BCUT2D eigenvalue weighted by Gasteiger charge is -2.19. The topological polar surface area (TPSA) is 39.7 Å². The van der Waals surface area contributed by atoms with Gasteiger partial charge >= 0.3 is 0 Å². The fourth-order valence-electron chi connectivity index (χ4n) is 2.10. The first-order chi connectivity index (χ1) is 7.88. The maximum atomic E-state index is 5.84. The summed E-state index contributed by atoms with van der Waals surface area (Å²) < 4.78 is 16.1. The molecule has 4 heteroatoms. The van der Waals surface area contributed by atoms with E-state index in [1.54, 1.807) is 7.11 Å². The van der Waals surface area contributed by atoms with E-state index < -0.39 is 0 Å². The van der Waals surface area contributed by atoms with Crippen molar-refractivity contribution in [2.45, 2.75) is 37.8 Å². The van der Waals surface area contributed by atoms with Crippen LogP contribution in [-0.2, 0) is 14.2 Å². The fraction of sp³-hybridized carbons (Fsp3) is 1.00. The molecule has 0 aromatic heterocycles. The van der Waals surface area contributed by atoms with Gasteiger partial charge in [0.2, 0.25) is 0 Å². The molecule has 2 atom stereocenters. The SMILES string of the molecule is CNC1CCCC1OCCCOCCOC. The summed E-state index contributed by atoms with van der Waals surface area (Å²) in [6.07, 6.45) is 5.09. The van der Waals surface area contributed by atoms with Gasteiger partial charge in [0.05, 0.1) is 19.3 Å². The molecule has 1 N–H and O–H groups in total. The van der Waals surface area contributed by atoms with Crippen LogP contribution in [0, 0.1) is 0 Å². The van der Waals surface area contributed by atoms with Gasteiger partial charge in [-0.2, -0.15) is 0 Å². The van der Waals surface area contributed by atoms with Gasteiger partial charge in [0, 0.05) is 26.4 Å². The Morgan fingerprint density at radius 1 is 1.12 bits per heavy atom. The molecule has 0 amide bonds. The number of hydrogen-bond donors (Lipinski definition) is 1. The Morgan fingerprint density at radius 2 is 2.00 bits per heavy atom. The number of ether oxygens (including phenoxy) is 3. The lowest BCUT2D eigenvalue weighted by molar-refractivity contribution is 0.0170. The van der Waals surface area contributed by atoms with E-state index in [2.05, 4.69) is 5.32 Å². The molecule has 4 nitrogen and oxygen atoms in total. The zero-order chi connectivity index (χ0) is 11.6. The summed E-state index contributed by atoms with van der Waals surface area (Å²) in [5, 5.41) is 3.31. The Labute approximate surface area is 98.6 Å². The third kappa shape index (κ3) is 5.25. The van der Waals surface area contributed by atoms with Gasteiger partial charge in [-0.25, -0.2) is 0 Å². The molecule has 0 spiro atoms.